The minimum atomic E-state index is -0.580. The Labute approximate surface area is 110 Å². The first-order valence-corrected chi connectivity index (χ1v) is 6.17. The molecule has 1 heterocycles. The number of ether oxygens (including phenoxy) is 1. The molecule has 2 nitrogen and oxygen atoms in total. The van der Waals surface area contributed by atoms with E-state index < -0.39 is 11.6 Å². The average molecular weight is 261 g/mol. The second-order valence-electron chi connectivity index (χ2n) is 4.50. The summed E-state index contributed by atoms with van der Waals surface area (Å²) in [5.41, 5.74) is 1.31. The fourth-order valence-electron chi connectivity index (χ4n) is 2.29. The zero-order chi connectivity index (χ0) is 13.2. The highest BCUT2D eigenvalue weighted by Crippen LogP contribution is 2.34. The minimum Gasteiger partial charge on any atom is -0.493 e. The average Bonchev–Trinajstić information content (AvgIpc) is 2.42. The topological polar surface area (TPSA) is 21.3 Å². The lowest BCUT2D eigenvalue weighted by Crippen LogP contribution is -2.20. The molecular weight excluding hydrogens is 248 g/mol. The van der Waals surface area contributed by atoms with E-state index in [0.717, 1.165) is 23.8 Å². The van der Waals surface area contributed by atoms with Crippen molar-refractivity contribution in [3.8, 4) is 5.75 Å². The Morgan fingerprint density at radius 3 is 2.79 bits per heavy atom. The molecule has 0 fully saturated rings. The third-order valence-electron chi connectivity index (χ3n) is 3.22. The van der Waals surface area contributed by atoms with Crippen LogP contribution < -0.4 is 10.1 Å². The SMILES string of the molecule is Fc1ccc(NC2CCOc3ccccc32)c(F)c1. The van der Waals surface area contributed by atoms with Gasteiger partial charge in [-0.1, -0.05) is 18.2 Å². The van der Waals surface area contributed by atoms with Crippen LogP contribution in [-0.2, 0) is 0 Å². The molecule has 1 N–H and O–H groups in total. The van der Waals surface area contributed by atoms with Gasteiger partial charge in [0.1, 0.15) is 17.4 Å². The lowest BCUT2D eigenvalue weighted by Gasteiger charge is -2.27. The largest absolute Gasteiger partial charge is 0.493 e. The normalized spacial score (nSPS) is 17.5. The lowest BCUT2D eigenvalue weighted by molar-refractivity contribution is 0.274. The molecule has 0 amide bonds. The Morgan fingerprint density at radius 2 is 1.95 bits per heavy atom. The molecule has 0 aliphatic carbocycles. The molecule has 0 bridgehead atoms. The second-order valence-corrected chi connectivity index (χ2v) is 4.50. The molecule has 4 heteroatoms. The van der Waals surface area contributed by atoms with Gasteiger partial charge in [0, 0.05) is 18.1 Å². The van der Waals surface area contributed by atoms with Crippen LogP contribution in [0.15, 0.2) is 42.5 Å². The van der Waals surface area contributed by atoms with Crippen LogP contribution in [-0.4, -0.2) is 6.61 Å². The molecule has 3 rings (SSSR count). The van der Waals surface area contributed by atoms with Crippen molar-refractivity contribution in [2.45, 2.75) is 12.5 Å². The summed E-state index contributed by atoms with van der Waals surface area (Å²) in [6.07, 6.45) is 0.744. The number of fused-ring (bicyclic) bond motifs is 1. The number of rotatable bonds is 2. The third kappa shape index (κ3) is 2.38. The van der Waals surface area contributed by atoms with Gasteiger partial charge in [0.25, 0.3) is 0 Å². The highest BCUT2D eigenvalue weighted by atomic mass is 19.1. The molecule has 1 unspecified atom stereocenters. The van der Waals surface area contributed by atoms with Gasteiger partial charge in [-0.05, 0) is 18.2 Å². The fraction of sp³-hybridized carbons (Fsp3) is 0.200. The van der Waals surface area contributed by atoms with Crippen LogP contribution in [0.3, 0.4) is 0 Å². The van der Waals surface area contributed by atoms with E-state index in [1.165, 1.54) is 12.1 Å². The van der Waals surface area contributed by atoms with Crippen LogP contribution in [0.1, 0.15) is 18.0 Å². The summed E-state index contributed by atoms with van der Waals surface area (Å²) in [6.45, 7) is 0.581. The molecule has 1 atom stereocenters. The van der Waals surface area contributed by atoms with Crippen molar-refractivity contribution < 1.29 is 13.5 Å². The van der Waals surface area contributed by atoms with Gasteiger partial charge in [0.15, 0.2) is 0 Å². The third-order valence-corrected chi connectivity index (χ3v) is 3.22. The highest BCUT2D eigenvalue weighted by Gasteiger charge is 2.21. The van der Waals surface area contributed by atoms with Crippen LogP contribution >= 0.6 is 0 Å². The van der Waals surface area contributed by atoms with Gasteiger partial charge in [-0.25, -0.2) is 8.78 Å². The number of nitrogens with one attached hydrogen (secondary N) is 1. The van der Waals surface area contributed by atoms with E-state index >= 15 is 0 Å². The number of benzene rings is 2. The minimum absolute atomic E-state index is 0.0232. The van der Waals surface area contributed by atoms with Gasteiger partial charge in [0.05, 0.1) is 18.3 Å². The number of hydrogen-bond donors (Lipinski definition) is 1. The summed E-state index contributed by atoms with van der Waals surface area (Å²) in [4.78, 5) is 0. The summed E-state index contributed by atoms with van der Waals surface area (Å²) >= 11 is 0. The van der Waals surface area contributed by atoms with Gasteiger partial charge in [-0.15, -0.1) is 0 Å². The van der Waals surface area contributed by atoms with Crippen molar-refractivity contribution in [3.63, 3.8) is 0 Å². The van der Waals surface area contributed by atoms with Gasteiger partial charge in [-0.2, -0.15) is 0 Å². The van der Waals surface area contributed by atoms with Crippen molar-refractivity contribution in [1.82, 2.24) is 0 Å². The van der Waals surface area contributed by atoms with E-state index in [-0.39, 0.29) is 6.04 Å². The van der Waals surface area contributed by atoms with E-state index in [0.29, 0.717) is 12.3 Å². The van der Waals surface area contributed by atoms with Crippen molar-refractivity contribution in [1.29, 1.82) is 0 Å². The Kier molecular flexibility index (Phi) is 3.07. The van der Waals surface area contributed by atoms with Crippen molar-refractivity contribution in [2.24, 2.45) is 0 Å². The Hall–Kier alpha value is -2.10. The standard InChI is InChI=1S/C15H13F2NO/c16-10-5-6-14(12(17)9-10)18-13-7-8-19-15-4-2-1-3-11(13)15/h1-6,9,13,18H,7-8H2. The van der Waals surface area contributed by atoms with Crippen molar-refractivity contribution in [2.75, 3.05) is 11.9 Å². The number of anilines is 1. The molecule has 0 saturated heterocycles. The first kappa shape index (κ1) is 12.0. The summed E-state index contributed by atoms with van der Waals surface area (Å²) in [5, 5.41) is 3.11. The van der Waals surface area contributed by atoms with Crippen LogP contribution in [0.25, 0.3) is 0 Å². The van der Waals surface area contributed by atoms with Gasteiger partial charge < -0.3 is 10.1 Å². The number of halogens is 2. The molecule has 0 radical (unpaired) electrons. The van der Waals surface area contributed by atoms with E-state index in [1.807, 2.05) is 24.3 Å². The molecule has 98 valence electrons. The molecule has 0 aromatic heterocycles. The van der Waals surface area contributed by atoms with Gasteiger partial charge in [0.2, 0.25) is 0 Å². The van der Waals surface area contributed by atoms with E-state index in [2.05, 4.69) is 5.32 Å². The van der Waals surface area contributed by atoms with Crippen molar-refractivity contribution in [3.05, 3.63) is 59.7 Å². The Balaban J connectivity index is 1.88. The van der Waals surface area contributed by atoms with Crippen LogP contribution in [0, 0.1) is 11.6 Å². The van der Waals surface area contributed by atoms with E-state index in [1.54, 1.807) is 0 Å². The van der Waals surface area contributed by atoms with Crippen LogP contribution in [0.4, 0.5) is 14.5 Å². The van der Waals surface area contributed by atoms with Crippen LogP contribution in [0.5, 0.6) is 5.75 Å². The first-order valence-electron chi connectivity index (χ1n) is 6.17. The summed E-state index contributed by atoms with van der Waals surface area (Å²) in [5.74, 6) is -0.340. The van der Waals surface area contributed by atoms with Gasteiger partial charge in [-0.3, -0.25) is 0 Å². The zero-order valence-electron chi connectivity index (χ0n) is 10.2. The summed E-state index contributed by atoms with van der Waals surface area (Å²) in [6, 6.07) is 11.2. The molecule has 1 aliphatic heterocycles. The molecule has 0 spiro atoms. The Bertz CT molecular complexity index is 600. The van der Waals surface area contributed by atoms with Crippen molar-refractivity contribution >= 4 is 5.69 Å². The lowest BCUT2D eigenvalue weighted by atomic mass is 10.0. The van der Waals surface area contributed by atoms with E-state index in [9.17, 15) is 8.78 Å². The number of para-hydroxylation sites is 1. The smallest absolute Gasteiger partial charge is 0.149 e. The molecule has 2 aromatic rings. The maximum absolute atomic E-state index is 13.6. The van der Waals surface area contributed by atoms with Gasteiger partial charge >= 0.3 is 0 Å². The molecule has 2 aromatic carbocycles. The highest BCUT2D eigenvalue weighted by molar-refractivity contribution is 5.49. The first-order chi connectivity index (χ1) is 9.24. The summed E-state index contributed by atoms with van der Waals surface area (Å²) < 4.78 is 32.1. The monoisotopic (exact) mass is 261 g/mol. The second kappa shape index (κ2) is 4.88. The van der Waals surface area contributed by atoms with Crippen LogP contribution in [0.2, 0.25) is 0 Å². The molecule has 1 aliphatic rings. The molecular formula is C15H13F2NO. The maximum Gasteiger partial charge on any atom is 0.149 e. The Morgan fingerprint density at radius 1 is 1.11 bits per heavy atom. The molecule has 19 heavy (non-hydrogen) atoms. The predicted molar refractivity (Wildman–Crippen MR) is 69.3 cm³/mol. The maximum atomic E-state index is 13.6. The predicted octanol–water partition coefficient (Wildman–Crippen LogP) is 3.90. The fourth-order valence-corrected chi connectivity index (χ4v) is 2.29. The zero-order valence-corrected chi connectivity index (χ0v) is 10.2. The summed E-state index contributed by atoms with van der Waals surface area (Å²) in [7, 11) is 0. The molecule has 0 saturated carbocycles. The van der Waals surface area contributed by atoms with E-state index in [4.69, 9.17) is 4.74 Å². The number of hydrogen-bond acceptors (Lipinski definition) is 2. The quantitative estimate of drug-likeness (QED) is 0.885.